The summed E-state index contributed by atoms with van der Waals surface area (Å²) in [4.78, 5) is 22.8. The Hall–Kier alpha value is -1.53. The highest BCUT2D eigenvalue weighted by Crippen LogP contribution is 2.23. The second kappa shape index (κ2) is 4.62. The van der Waals surface area contributed by atoms with Gasteiger partial charge in [0.25, 0.3) is 0 Å². The van der Waals surface area contributed by atoms with Gasteiger partial charge in [0.1, 0.15) is 11.4 Å². The van der Waals surface area contributed by atoms with Gasteiger partial charge in [0.05, 0.1) is 15.9 Å². The van der Waals surface area contributed by atoms with Gasteiger partial charge in [0.2, 0.25) is 5.43 Å². The van der Waals surface area contributed by atoms with Crippen molar-refractivity contribution >= 4 is 40.4 Å². The molecule has 1 heterocycles. The van der Waals surface area contributed by atoms with Crippen LogP contribution in [0.5, 0.6) is 0 Å². The van der Waals surface area contributed by atoms with Crippen molar-refractivity contribution in [3.05, 3.63) is 45.0 Å². The smallest absolute Gasteiger partial charge is 0.341 e. The monoisotopic (exact) mass is 287 g/mol. The van der Waals surface area contributed by atoms with Crippen molar-refractivity contribution < 1.29 is 14.3 Å². The summed E-state index contributed by atoms with van der Waals surface area (Å²) >= 11 is 6.84. The Balaban J connectivity index is 2.99. The standard InChI is InChI=1S/C11H7ClFNO3S/c1-18-14-4-6(11(16)17)10(15)5-2-8(13)7(12)3-9(5)14/h2-4H,1H3,(H,16,17). The molecule has 0 spiro atoms. The zero-order chi connectivity index (χ0) is 13.4. The maximum absolute atomic E-state index is 13.4. The van der Waals surface area contributed by atoms with E-state index in [-0.39, 0.29) is 10.4 Å². The predicted octanol–water partition coefficient (Wildman–Crippen LogP) is 2.62. The van der Waals surface area contributed by atoms with Gasteiger partial charge in [-0.05, 0) is 24.1 Å². The fourth-order valence-corrected chi connectivity index (χ4v) is 2.31. The Kier molecular flexibility index (Phi) is 3.32. The number of carboxylic acids is 1. The van der Waals surface area contributed by atoms with Crippen molar-refractivity contribution in [3.8, 4) is 0 Å². The molecular formula is C11H7ClFNO3S. The van der Waals surface area contributed by atoms with Crippen molar-refractivity contribution in [3.63, 3.8) is 0 Å². The molecule has 0 aliphatic carbocycles. The molecule has 0 aliphatic rings. The maximum atomic E-state index is 13.4. The summed E-state index contributed by atoms with van der Waals surface area (Å²) in [5, 5.41) is 8.80. The van der Waals surface area contributed by atoms with E-state index in [4.69, 9.17) is 16.7 Å². The Morgan fingerprint density at radius 2 is 2.17 bits per heavy atom. The van der Waals surface area contributed by atoms with Gasteiger partial charge in [0, 0.05) is 12.5 Å². The van der Waals surface area contributed by atoms with Crippen LogP contribution in [-0.2, 0) is 0 Å². The number of rotatable bonds is 2. The van der Waals surface area contributed by atoms with Gasteiger partial charge >= 0.3 is 5.97 Å². The molecule has 0 saturated carbocycles. The molecular weight excluding hydrogens is 281 g/mol. The lowest BCUT2D eigenvalue weighted by Gasteiger charge is -2.09. The van der Waals surface area contributed by atoms with Crippen LogP contribution >= 0.6 is 23.5 Å². The number of carboxylic acid groups (broad SMARTS) is 1. The van der Waals surface area contributed by atoms with Gasteiger partial charge in [-0.3, -0.25) is 8.77 Å². The third kappa shape index (κ3) is 1.97. The first-order chi connectivity index (χ1) is 8.45. The number of hydrogen-bond donors (Lipinski definition) is 1. The number of benzene rings is 1. The number of halogens is 2. The van der Waals surface area contributed by atoms with Crippen LogP contribution in [0, 0.1) is 5.82 Å². The molecule has 7 heteroatoms. The summed E-state index contributed by atoms with van der Waals surface area (Å²) < 4.78 is 14.8. The number of aromatic nitrogens is 1. The molecule has 4 nitrogen and oxygen atoms in total. The van der Waals surface area contributed by atoms with E-state index >= 15 is 0 Å². The van der Waals surface area contributed by atoms with Gasteiger partial charge in [-0.25, -0.2) is 9.18 Å². The van der Waals surface area contributed by atoms with Crippen LogP contribution in [0.3, 0.4) is 0 Å². The Morgan fingerprint density at radius 1 is 1.50 bits per heavy atom. The number of aromatic carboxylic acids is 1. The first-order valence-electron chi connectivity index (χ1n) is 4.78. The molecule has 0 atom stereocenters. The molecule has 0 fully saturated rings. The van der Waals surface area contributed by atoms with E-state index in [0.717, 1.165) is 6.07 Å². The number of pyridine rings is 1. The first-order valence-corrected chi connectivity index (χ1v) is 6.34. The van der Waals surface area contributed by atoms with Crippen molar-refractivity contribution in [2.24, 2.45) is 0 Å². The second-order valence-electron chi connectivity index (χ2n) is 3.47. The molecule has 1 N–H and O–H groups in total. The quantitative estimate of drug-likeness (QED) is 0.922. The molecule has 0 bridgehead atoms. The van der Waals surface area contributed by atoms with E-state index in [0.29, 0.717) is 5.52 Å². The number of nitrogens with zero attached hydrogens (tertiary/aromatic N) is 1. The predicted molar refractivity (Wildman–Crippen MR) is 69.0 cm³/mol. The van der Waals surface area contributed by atoms with Gasteiger partial charge in [0.15, 0.2) is 0 Å². The van der Waals surface area contributed by atoms with Crippen molar-refractivity contribution in [2.45, 2.75) is 0 Å². The lowest BCUT2D eigenvalue weighted by Crippen LogP contribution is -2.17. The average molecular weight is 288 g/mol. The lowest BCUT2D eigenvalue weighted by atomic mass is 10.1. The summed E-state index contributed by atoms with van der Waals surface area (Å²) in [6, 6.07) is 2.26. The topological polar surface area (TPSA) is 59.3 Å². The number of hydrogen-bond acceptors (Lipinski definition) is 3. The van der Waals surface area contributed by atoms with Crippen molar-refractivity contribution in [1.82, 2.24) is 3.97 Å². The van der Waals surface area contributed by atoms with Crippen LogP contribution < -0.4 is 5.43 Å². The number of carbonyl (C=O) groups is 1. The highest BCUT2D eigenvalue weighted by atomic mass is 35.5. The molecule has 1 aromatic carbocycles. The molecule has 18 heavy (non-hydrogen) atoms. The minimum absolute atomic E-state index is 0.00819. The molecule has 94 valence electrons. The van der Waals surface area contributed by atoms with E-state index < -0.39 is 22.8 Å². The van der Waals surface area contributed by atoms with Crippen LogP contribution in [-0.4, -0.2) is 21.3 Å². The summed E-state index contributed by atoms with van der Waals surface area (Å²) in [5.74, 6) is -2.10. The summed E-state index contributed by atoms with van der Waals surface area (Å²) in [6.07, 6.45) is 2.90. The lowest BCUT2D eigenvalue weighted by molar-refractivity contribution is 0.0695. The molecule has 2 rings (SSSR count). The summed E-state index contributed by atoms with van der Waals surface area (Å²) in [7, 11) is 0. The molecule has 0 aliphatic heterocycles. The summed E-state index contributed by atoms with van der Waals surface area (Å²) in [6.45, 7) is 0. The normalized spacial score (nSPS) is 10.8. The van der Waals surface area contributed by atoms with E-state index in [1.54, 1.807) is 6.26 Å². The fourth-order valence-electron chi connectivity index (χ4n) is 1.59. The Labute approximate surface area is 110 Å². The highest BCUT2D eigenvalue weighted by molar-refractivity contribution is 7.97. The minimum Gasteiger partial charge on any atom is -0.477 e. The average Bonchev–Trinajstić information content (AvgIpc) is 2.32. The van der Waals surface area contributed by atoms with E-state index in [9.17, 15) is 14.0 Å². The molecule has 0 unspecified atom stereocenters. The van der Waals surface area contributed by atoms with Crippen LogP contribution in [0.4, 0.5) is 4.39 Å². The molecule has 0 saturated heterocycles. The SMILES string of the molecule is CSn1cc(C(=O)O)c(=O)c2cc(F)c(Cl)cc21. The Bertz CT molecular complexity index is 713. The molecule has 2 aromatic rings. The van der Waals surface area contributed by atoms with Gasteiger partial charge < -0.3 is 5.11 Å². The molecule has 0 amide bonds. The van der Waals surface area contributed by atoms with Gasteiger partial charge in [-0.2, -0.15) is 0 Å². The van der Waals surface area contributed by atoms with E-state index in [1.165, 1.54) is 28.2 Å². The van der Waals surface area contributed by atoms with E-state index in [1.807, 2.05) is 0 Å². The fraction of sp³-hybridized carbons (Fsp3) is 0.0909. The number of fused-ring (bicyclic) bond motifs is 1. The van der Waals surface area contributed by atoms with Crippen molar-refractivity contribution in [2.75, 3.05) is 6.26 Å². The van der Waals surface area contributed by atoms with Crippen LogP contribution in [0.15, 0.2) is 23.1 Å². The van der Waals surface area contributed by atoms with Crippen molar-refractivity contribution in [1.29, 1.82) is 0 Å². The zero-order valence-corrected chi connectivity index (χ0v) is 10.7. The summed E-state index contributed by atoms with van der Waals surface area (Å²) in [5.41, 5.74) is -0.749. The van der Waals surface area contributed by atoms with Gasteiger partial charge in [-0.1, -0.05) is 11.6 Å². The minimum atomic E-state index is -1.35. The van der Waals surface area contributed by atoms with Gasteiger partial charge in [-0.15, -0.1) is 0 Å². The first kappa shape index (κ1) is 12.9. The molecule has 1 aromatic heterocycles. The van der Waals surface area contributed by atoms with E-state index in [2.05, 4.69) is 0 Å². The third-order valence-electron chi connectivity index (χ3n) is 2.44. The zero-order valence-electron chi connectivity index (χ0n) is 9.11. The van der Waals surface area contributed by atoms with Crippen LogP contribution in [0.25, 0.3) is 10.9 Å². The highest BCUT2D eigenvalue weighted by Gasteiger charge is 2.16. The second-order valence-corrected chi connectivity index (χ2v) is 4.63. The Morgan fingerprint density at radius 3 is 2.72 bits per heavy atom. The molecule has 0 radical (unpaired) electrons. The third-order valence-corrected chi connectivity index (χ3v) is 3.42. The maximum Gasteiger partial charge on any atom is 0.341 e. The van der Waals surface area contributed by atoms with Crippen LogP contribution in [0.1, 0.15) is 10.4 Å². The largest absolute Gasteiger partial charge is 0.477 e. The van der Waals surface area contributed by atoms with Crippen LogP contribution in [0.2, 0.25) is 5.02 Å².